The summed E-state index contributed by atoms with van der Waals surface area (Å²) in [6.45, 7) is 3.06. The van der Waals surface area contributed by atoms with Crippen LogP contribution < -0.4 is 0 Å². The third kappa shape index (κ3) is 3.99. The topological polar surface area (TPSA) is 69.7 Å². The van der Waals surface area contributed by atoms with Crippen molar-refractivity contribution in [2.24, 2.45) is 0 Å². The fourth-order valence-electron chi connectivity index (χ4n) is 0.847. The number of allylic oxidation sites excluding steroid dienone is 1. The summed E-state index contributed by atoms with van der Waals surface area (Å²) < 4.78 is 41.9. The molecular weight excluding hydrogens is 345 g/mol. The lowest BCUT2D eigenvalue weighted by atomic mass is 10.4. The van der Waals surface area contributed by atoms with Gasteiger partial charge in [0.2, 0.25) is 14.5 Å². The van der Waals surface area contributed by atoms with Crippen LogP contribution in [0.5, 0.6) is 0 Å². The first kappa shape index (κ1) is 18.5. The van der Waals surface area contributed by atoms with Crippen LogP contribution in [-0.2, 0) is 23.4 Å². The van der Waals surface area contributed by atoms with Crippen molar-refractivity contribution in [3.63, 3.8) is 0 Å². The van der Waals surface area contributed by atoms with Crippen molar-refractivity contribution in [2.75, 3.05) is 14.2 Å². The molecule has 0 aromatic rings. The van der Waals surface area contributed by atoms with Gasteiger partial charge in [-0.1, -0.05) is 40.5 Å². The Bertz CT molecular complexity index is 515. The van der Waals surface area contributed by atoms with E-state index in [4.69, 9.17) is 34.8 Å². The summed E-state index contributed by atoms with van der Waals surface area (Å²) in [6, 6.07) is 0. The quantitative estimate of drug-likeness (QED) is 0.436. The number of sulfone groups is 1. The van der Waals surface area contributed by atoms with Crippen LogP contribution in [0.15, 0.2) is 16.0 Å². The molecule has 0 aromatic heterocycles. The smallest absolute Gasteiger partial charge is 0.308 e. The van der Waals surface area contributed by atoms with Gasteiger partial charge in [0.05, 0.1) is 0 Å². The molecule has 0 saturated carbocycles. The molecule has 0 bridgehead atoms. The monoisotopic (exact) mass is 356 g/mol. The molecule has 0 heterocycles. The Hall–Kier alpha value is 0.490. The Labute approximate surface area is 121 Å². The normalized spacial score (nSPS) is 13.1. The Morgan fingerprint density at radius 1 is 1.17 bits per heavy atom. The van der Waals surface area contributed by atoms with E-state index in [-0.39, 0.29) is 0 Å². The van der Waals surface area contributed by atoms with Gasteiger partial charge < -0.3 is 9.05 Å². The Balaban J connectivity index is 6.40. The van der Waals surface area contributed by atoms with E-state index in [1.165, 1.54) is 13.8 Å². The zero-order valence-electron chi connectivity index (χ0n) is 10.0. The molecule has 5 nitrogen and oxygen atoms in total. The zero-order valence-corrected chi connectivity index (χ0v) is 14.0. The molecule has 18 heavy (non-hydrogen) atoms. The van der Waals surface area contributed by atoms with Gasteiger partial charge in [0.15, 0.2) is 0 Å². The van der Waals surface area contributed by atoms with Gasteiger partial charge in [0.25, 0.3) is 3.12 Å². The zero-order chi connectivity index (χ0) is 14.8. The molecule has 0 atom stereocenters. The maximum Gasteiger partial charge on any atom is 0.380 e. The molecule has 0 N–H and O–H groups in total. The second kappa shape index (κ2) is 6.29. The van der Waals surface area contributed by atoms with Crippen molar-refractivity contribution < 1.29 is 22.0 Å². The molecule has 0 aliphatic heterocycles. The standard InChI is InChI=1S/C8H12Cl3O5PS/c1-6(2)5-7(17(12,15-3)16-4)18(13,14)8(9,10)11/h1-4H3. The summed E-state index contributed by atoms with van der Waals surface area (Å²) in [4.78, 5) is 0. The fourth-order valence-corrected chi connectivity index (χ4v) is 5.46. The molecule has 0 amide bonds. The van der Waals surface area contributed by atoms with E-state index in [9.17, 15) is 13.0 Å². The molecule has 0 radical (unpaired) electrons. The molecule has 0 aliphatic carbocycles. The van der Waals surface area contributed by atoms with Gasteiger partial charge in [-0.15, -0.1) is 0 Å². The summed E-state index contributed by atoms with van der Waals surface area (Å²) in [5.41, 5.74) is 2.75. The minimum Gasteiger partial charge on any atom is -0.308 e. The summed E-state index contributed by atoms with van der Waals surface area (Å²) in [5.74, 6) is 0. The fraction of sp³-hybridized carbons (Fsp3) is 0.625. The van der Waals surface area contributed by atoms with Crippen LogP contribution in [0.4, 0.5) is 0 Å². The first-order valence-electron chi connectivity index (χ1n) is 4.40. The molecule has 0 aromatic carbocycles. The van der Waals surface area contributed by atoms with Crippen molar-refractivity contribution in [1.29, 1.82) is 0 Å². The van der Waals surface area contributed by atoms with E-state index in [2.05, 4.69) is 14.8 Å². The van der Waals surface area contributed by atoms with Crippen molar-refractivity contribution in [3.8, 4) is 0 Å². The Morgan fingerprint density at radius 3 is 1.78 bits per heavy atom. The molecule has 0 fully saturated rings. The van der Waals surface area contributed by atoms with Crippen molar-refractivity contribution in [1.82, 2.24) is 0 Å². The molecule has 0 aliphatic rings. The van der Waals surface area contributed by atoms with Crippen molar-refractivity contribution in [3.05, 3.63) is 16.0 Å². The van der Waals surface area contributed by atoms with Crippen LogP contribution in [-0.4, -0.2) is 25.8 Å². The van der Waals surface area contributed by atoms with Crippen molar-refractivity contribution >= 4 is 52.2 Å². The second-order valence-electron chi connectivity index (χ2n) is 3.24. The van der Waals surface area contributed by atoms with E-state index in [1.54, 1.807) is 0 Å². The third-order valence-corrected chi connectivity index (χ3v) is 7.66. The average Bonchev–Trinajstić information content (AvgIpc) is 2.23. The number of halogens is 3. The summed E-state index contributed by atoms with van der Waals surface area (Å²) >= 11 is 16.1. The SMILES string of the molecule is COP(=O)(OC)C(=C=C(C)C)S(=O)(=O)C(Cl)(Cl)Cl. The van der Waals surface area contributed by atoms with Gasteiger partial charge in [-0.2, -0.15) is 0 Å². The van der Waals surface area contributed by atoms with Crippen LogP contribution in [0.3, 0.4) is 0 Å². The van der Waals surface area contributed by atoms with Crippen LogP contribution >= 0.6 is 42.4 Å². The van der Waals surface area contributed by atoms with Gasteiger partial charge in [0, 0.05) is 14.2 Å². The van der Waals surface area contributed by atoms with E-state index >= 15 is 0 Å². The summed E-state index contributed by atoms with van der Waals surface area (Å²) in [5, 5.41) is 0. The predicted octanol–water partition coefficient (Wildman–Crippen LogP) is 3.62. The van der Waals surface area contributed by atoms with Crippen LogP contribution in [0.2, 0.25) is 0 Å². The second-order valence-corrected chi connectivity index (χ2v) is 10.7. The maximum atomic E-state index is 12.2. The van der Waals surface area contributed by atoms with Gasteiger partial charge in [-0.05, 0) is 19.4 Å². The van der Waals surface area contributed by atoms with E-state index < -0.39 is 25.2 Å². The lowest BCUT2D eigenvalue weighted by Crippen LogP contribution is -2.21. The molecule has 106 valence electrons. The number of hydrogen-bond donors (Lipinski definition) is 0. The highest BCUT2D eigenvalue weighted by Crippen LogP contribution is 2.59. The van der Waals surface area contributed by atoms with E-state index in [0.717, 1.165) is 14.2 Å². The highest BCUT2D eigenvalue weighted by molar-refractivity contribution is 8.07. The van der Waals surface area contributed by atoms with Gasteiger partial charge in [0.1, 0.15) is 0 Å². The average molecular weight is 358 g/mol. The number of hydrogen-bond acceptors (Lipinski definition) is 5. The minimum atomic E-state index is -4.55. The maximum absolute atomic E-state index is 12.2. The molecule has 0 unspecified atom stereocenters. The van der Waals surface area contributed by atoms with Gasteiger partial charge in [-0.3, -0.25) is 4.57 Å². The van der Waals surface area contributed by atoms with E-state index in [0.29, 0.717) is 5.57 Å². The molecule has 0 spiro atoms. The number of rotatable bonds is 4. The van der Waals surface area contributed by atoms with Crippen LogP contribution in [0.25, 0.3) is 0 Å². The molecule has 0 saturated heterocycles. The minimum absolute atomic E-state index is 0.400. The highest BCUT2D eigenvalue weighted by atomic mass is 35.6. The van der Waals surface area contributed by atoms with Crippen LogP contribution in [0, 0.1) is 0 Å². The Morgan fingerprint density at radius 2 is 1.56 bits per heavy atom. The third-order valence-electron chi connectivity index (χ3n) is 1.65. The molecule has 10 heteroatoms. The molecular formula is C8H12Cl3O5PS. The molecule has 0 rings (SSSR count). The largest absolute Gasteiger partial charge is 0.380 e. The predicted molar refractivity (Wildman–Crippen MR) is 72.7 cm³/mol. The lowest BCUT2D eigenvalue weighted by Gasteiger charge is -2.19. The van der Waals surface area contributed by atoms with Gasteiger partial charge >= 0.3 is 7.60 Å². The van der Waals surface area contributed by atoms with Gasteiger partial charge in [-0.25, -0.2) is 8.42 Å². The number of alkyl halides is 3. The summed E-state index contributed by atoms with van der Waals surface area (Å²) in [7, 11) is -6.63. The first-order valence-corrected chi connectivity index (χ1v) is 8.56. The first-order chi connectivity index (χ1) is 7.92. The van der Waals surface area contributed by atoms with E-state index in [1.807, 2.05) is 0 Å². The highest BCUT2D eigenvalue weighted by Gasteiger charge is 2.49. The van der Waals surface area contributed by atoms with Crippen molar-refractivity contribution in [2.45, 2.75) is 17.0 Å². The lowest BCUT2D eigenvalue weighted by molar-refractivity contribution is 0.285. The summed E-state index contributed by atoms with van der Waals surface area (Å²) in [6.07, 6.45) is 0. The Kier molecular flexibility index (Phi) is 6.46. The van der Waals surface area contributed by atoms with Crippen LogP contribution in [0.1, 0.15) is 13.8 Å².